The van der Waals surface area contributed by atoms with E-state index in [1.54, 1.807) is 12.1 Å². The Morgan fingerprint density at radius 1 is 1.20 bits per heavy atom. The zero-order chi connectivity index (χ0) is 14.4. The van der Waals surface area contributed by atoms with Crippen LogP contribution < -0.4 is 0 Å². The number of hydrogen-bond acceptors (Lipinski definition) is 2. The van der Waals surface area contributed by atoms with E-state index >= 15 is 0 Å². The van der Waals surface area contributed by atoms with E-state index in [9.17, 15) is 0 Å². The lowest BCUT2D eigenvalue weighted by atomic mass is 10.2. The fourth-order valence-corrected chi connectivity index (χ4v) is 3.03. The quantitative estimate of drug-likeness (QED) is 0.829. The van der Waals surface area contributed by atoms with Crippen LogP contribution in [0.15, 0.2) is 24.3 Å². The summed E-state index contributed by atoms with van der Waals surface area (Å²) < 4.78 is 7.56. The predicted molar refractivity (Wildman–Crippen MR) is 81.8 cm³/mol. The SMILES string of the molecule is Cc1c(Cl)n([C@H]2C=C[C@@H](CO)O2)c2cc(Cl)c(Cl)cc12. The van der Waals surface area contributed by atoms with Gasteiger partial charge >= 0.3 is 0 Å². The van der Waals surface area contributed by atoms with Crippen LogP contribution in [0.5, 0.6) is 0 Å². The van der Waals surface area contributed by atoms with E-state index in [4.69, 9.17) is 44.6 Å². The van der Waals surface area contributed by atoms with Gasteiger partial charge < -0.3 is 14.4 Å². The second kappa shape index (κ2) is 5.24. The van der Waals surface area contributed by atoms with Gasteiger partial charge in [0.15, 0.2) is 6.23 Å². The number of aliphatic hydroxyl groups is 1. The van der Waals surface area contributed by atoms with Crippen molar-refractivity contribution in [2.24, 2.45) is 0 Å². The highest BCUT2D eigenvalue weighted by Crippen LogP contribution is 2.38. The van der Waals surface area contributed by atoms with Crippen LogP contribution in [-0.4, -0.2) is 22.4 Å². The summed E-state index contributed by atoms with van der Waals surface area (Å²) in [4.78, 5) is 0. The van der Waals surface area contributed by atoms with Gasteiger partial charge in [0.05, 0.1) is 22.2 Å². The molecule has 0 aliphatic carbocycles. The van der Waals surface area contributed by atoms with E-state index in [1.807, 2.05) is 23.6 Å². The van der Waals surface area contributed by atoms with E-state index < -0.39 is 0 Å². The Morgan fingerprint density at radius 3 is 2.55 bits per heavy atom. The van der Waals surface area contributed by atoms with Gasteiger partial charge in [-0.25, -0.2) is 0 Å². The van der Waals surface area contributed by atoms with Crippen molar-refractivity contribution in [1.82, 2.24) is 4.57 Å². The second-order valence-corrected chi connectivity index (χ2v) is 5.87. The summed E-state index contributed by atoms with van der Waals surface area (Å²) in [5.41, 5.74) is 1.78. The molecule has 0 spiro atoms. The molecule has 1 aromatic heterocycles. The normalized spacial score (nSPS) is 22.1. The van der Waals surface area contributed by atoms with Crippen LogP contribution in [0.25, 0.3) is 10.9 Å². The number of aromatic nitrogens is 1. The molecule has 0 saturated heterocycles. The standard InChI is InChI=1S/C14H12Cl3NO2/c1-7-9-4-10(15)11(16)5-12(9)18(14(7)17)13-3-2-8(6-19)20-13/h2-5,8,13,19H,6H2,1H3/t8-,13+/m0/s1. The van der Waals surface area contributed by atoms with E-state index in [2.05, 4.69) is 0 Å². The number of aliphatic hydroxyl groups excluding tert-OH is 1. The Morgan fingerprint density at radius 2 is 1.90 bits per heavy atom. The number of fused-ring (bicyclic) bond motifs is 1. The van der Waals surface area contributed by atoms with Crippen molar-refractivity contribution in [1.29, 1.82) is 0 Å². The molecule has 0 fully saturated rings. The number of nitrogens with zero attached hydrogens (tertiary/aromatic N) is 1. The number of benzene rings is 1. The van der Waals surface area contributed by atoms with Crippen molar-refractivity contribution < 1.29 is 9.84 Å². The predicted octanol–water partition coefficient (Wildman–Crippen LogP) is 4.36. The summed E-state index contributed by atoms with van der Waals surface area (Å²) in [6.45, 7) is 1.86. The largest absolute Gasteiger partial charge is 0.393 e. The van der Waals surface area contributed by atoms with Gasteiger partial charge in [0.2, 0.25) is 0 Å². The highest BCUT2D eigenvalue weighted by Gasteiger charge is 2.25. The fourth-order valence-electron chi connectivity index (χ4n) is 2.42. The van der Waals surface area contributed by atoms with Crippen molar-refractivity contribution in [2.45, 2.75) is 19.3 Å². The molecular weight excluding hydrogens is 321 g/mol. The first kappa shape index (κ1) is 14.2. The minimum absolute atomic E-state index is 0.0601. The minimum Gasteiger partial charge on any atom is -0.393 e. The molecule has 3 nitrogen and oxygen atoms in total. The number of rotatable bonds is 2. The molecule has 1 N–H and O–H groups in total. The number of ether oxygens (including phenoxy) is 1. The molecule has 2 atom stereocenters. The van der Waals surface area contributed by atoms with Crippen molar-refractivity contribution in [2.75, 3.05) is 6.61 Å². The first-order chi connectivity index (χ1) is 9.52. The summed E-state index contributed by atoms with van der Waals surface area (Å²) in [7, 11) is 0. The van der Waals surface area contributed by atoms with E-state index in [0.29, 0.717) is 15.2 Å². The molecule has 0 unspecified atom stereocenters. The number of halogens is 3. The number of hydrogen-bond donors (Lipinski definition) is 1. The van der Waals surface area contributed by atoms with E-state index in [-0.39, 0.29) is 18.9 Å². The molecule has 2 heterocycles. The third-order valence-electron chi connectivity index (χ3n) is 3.46. The highest BCUT2D eigenvalue weighted by molar-refractivity contribution is 6.43. The van der Waals surface area contributed by atoms with Crippen LogP contribution in [0, 0.1) is 6.92 Å². The first-order valence-corrected chi connectivity index (χ1v) is 7.26. The highest BCUT2D eigenvalue weighted by atomic mass is 35.5. The van der Waals surface area contributed by atoms with Crippen LogP contribution in [-0.2, 0) is 4.74 Å². The molecule has 6 heteroatoms. The zero-order valence-electron chi connectivity index (χ0n) is 10.6. The first-order valence-electron chi connectivity index (χ1n) is 6.12. The maximum atomic E-state index is 9.14. The number of aryl methyl sites for hydroxylation is 1. The lowest BCUT2D eigenvalue weighted by molar-refractivity contribution is -0.00580. The molecule has 0 amide bonds. The monoisotopic (exact) mass is 331 g/mol. The maximum Gasteiger partial charge on any atom is 0.155 e. The molecule has 20 heavy (non-hydrogen) atoms. The van der Waals surface area contributed by atoms with Crippen molar-refractivity contribution in [3.05, 3.63) is 45.0 Å². The van der Waals surface area contributed by atoms with Gasteiger partial charge in [-0.2, -0.15) is 0 Å². The molecule has 1 aliphatic rings. The van der Waals surface area contributed by atoms with Gasteiger partial charge in [-0.3, -0.25) is 0 Å². The molecule has 106 valence electrons. The molecule has 3 rings (SSSR count). The van der Waals surface area contributed by atoms with Crippen LogP contribution in [0.3, 0.4) is 0 Å². The fraction of sp³-hybridized carbons (Fsp3) is 0.286. The minimum atomic E-state index is -0.354. The average molecular weight is 333 g/mol. The lowest BCUT2D eigenvalue weighted by Crippen LogP contribution is -2.15. The third-order valence-corrected chi connectivity index (χ3v) is 4.65. The molecular formula is C14H12Cl3NO2. The van der Waals surface area contributed by atoms with E-state index in [0.717, 1.165) is 16.5 Å². The summed E-state index contributed by atoms with van der Waals surface area (Å²) in [6.07, 6.45) is 3.03. The maximum absolute atomic E-state index is 9.14. The Labute approximate surface area is 131 Å². The van der Waals surface area contributed by atoms with Gasteiger partial charge in [0, 0.05) is 5.39 Å². The van der Waals surface area contributed by atoms with E-state index in [1.165, 1.54) is 0 Å². The summed E-state index contributed by atoms with van der Waals surface area (Å²) in [5, 5.41) is 11.6. The van der Waals surface area contributed by atoms with Gasteiger partial charge in [-0.05, 0) is 30.7 Å². The second-order valence-electron chi connectivity index (χ2n) is 4.70. The van der Waals surface area contributed by atoms with Gasteiger partial charge in [0.25, 0.3) is 0 Å². The van der Waals surface area contributed by atoms with Crippen LogP contribution >= 0.6 is 34.8 Å². The van der Waals surface area contributed by atoms with Crippen molar-refractivity contribution >= 4 is 45.7 Å². The molecule has 0 saturated carbocycles. The summed E-state index contributed by atoms with van der Waals surface area (Å²) >= 11 is 18.6. The molecule has 1 aliphatic heterocycles. The summed E-state index contributed by atoms with van der Waals surface area (Å²) in [6, 6.07) is 3.58. The summed E-state index contributed by atoms with van der Waals surface area (Å²) in [5.74, 6) is 0. The van der Waals surface area contributed by atoms with Crippen LogP contribution in [0.2, 0.25) is 15.2 Å². The van der Waals surface area contributed by atoms with Gasteiger partial charge in [-0.15, -0.1) is 0 Å². The van der Waals surface area contributed by atoms with Crippen LogP contribution in [0.1, 0.15) is 11.8 Å². The zero-order valence-corrected chi connectivity index (χ0v) is 12.9. The molecule has 0 radical (unpaired) electrons. The Kier molecular flexibility index (Phi) is 3.73. The Hall–Kier alpha value is -0.710. The van der Waals surface area contributed by atoms with Crippen molar-refractivity contribution in [3.63, 3.8) is 0 Å². The molecule has 1 aromatic carbocycles. The van der Waals surface area contributed by atoms with Crippen molar-refractivity contribution in [3.8, 4) is 0 Å². The molecule has 2 aromatic rings. The molecule has 0 bridgehead atoms. The Bertz CT molecular complexity index is 708. The average Bonchev–Trinajstić information content (AvgIpc) is 2.97. The van der Waals surface area contributed by atoms with Gasteiger partial charge in [0.1, 0.15) is 11.3 Å². The van der Waals surface area contributed by atoms with Gasteiger partial charge in [-0.1, -0.05) is 40.9 Å². The van der Waals surface area contributed by atoms with Crippen LogP contribution in [0.4, 0.5) is 0 Å². The third kappa shape index (κ3) is 2.14. The Balaban J connectivity index is 2.18. The lowest BCUT2D eigenvalue weighted by Gasteiger charge is -2.16. The smallest absolute Gasteiger partial charge is 0.155 e. The topological polar surface area (TPSA) is 34.4 Å².